The molecule has 21 heteroatoms. The number of hydrogen-bond acceptors (Lipinski definition) is 13. The maximum absolute atomic E-state index is 14.5. The third-order valence-corrected chi connectivity index (χ3v) is 14.6. The lowest BCUT2D eigenvalue weighted by atomic mass is 9.85. The van der Waals surface area contributed by atoms with Gasteiger partial charge in [0.1, 0.15) is 17.5 Å². The predicted octanol–water partition coefficient (Wildman–Crippen LogP) is 2.78. The van der Waals surface area contributed by atoms with E-state index in [1.54, 1.807) is 55.1 Å². The Kier molecular flexibility index (Phi) is 21.2. The van der Waals surface area contributed by atoms with Gasteiger partial charge >= 0.3 is 0 Å². The van der Waals surface area contributed by atoms with Gasteiger partial charge in [0, 0.05) is 93.0 Å². The summed E-state index contributed by atoms with van der Waals surface area (Å²) in [6, 6.07) is 7.39. The molecule has 1 fully saturated rings. The van der Waals surface area contributed by atoms with Crippen molar-refractivity contribution in [1.82, 2.24) is 44.2 Å². The van der Waals surface area contributed by atoms with Crippen LogP contribution in [0.5, 0.6) is 0 Å². The molecule has 2 aromatic rings. The lowest BCUT2D eigenvalue weighted by Gasteiger charge is -2.40. The molecule has 2 aliphatic rings. The molecule has 1 saturated heterocycles. The number of ether oxygens (including phenoxy) is 2. The molecule has 0 saturated carbocycles. The number of benzene rings is 1. The number of aryl methyl sites for hydroxylation is 1. The summed E-state index contributed by atoms with van der Waals surface area (Å²) in [7, 11) is 8.14. The third kappa shape index (κ3) is 15.2. The number of likely N-dealkylation sites (tertiary alicyclic amines) is 1. The number of Topliss-reactive ketones (excluding diaryl/α,β-unsaturated/α-hetero) is 1. The SMILES string of the molecule is CC[C@H](C)C([C@@H](CC(=O)N1CCC[C@H]1[C@H](OC)[C@@H](C)C(=O)C[C@@H](Cc1ccccc1)C(=O)NS(=O)(=O)CCCn1cc(CN2C(=O)C=CC2=O)nn1)OC)N(C)C(=O)[C@@H](N=C(N(C)C)N(C)C)C(C)C. The van der Waals surface area contributed by atoms with Crippen LogP contribution in [0.2, 0.25) is 0 Å². The molecule has 5 amide bonds. The largest absolute Gasteiger partial charge is 0.379 e. The number of nitrogens with zero attached hydrogens (tertiary/aromatic N) is 9. The van der Waals surface area contributed by atoms with Crippen molar-refractivity contribution in [2.75, 3.05) is 61.8 Å². The van der Waals surface area contributed by atoms with Gasteiger partial charge in [-0.25, -0.2) is 13.4 Å². The van der Waals surface area contributed by atoms with Crippen molar-refractivity contribution in [3.8, 4) is 0 Å². The topological polar surface area (TPSA) is 226 Å². The highest BCUT2D eigenvalue weighted by Crippen LogP contribution is 2.31. The summed E-state index contributed by atoms with van der Waals surface area (Å²) in [6.45, 7) is 10.2. The maximum atomic E-state index is 14.5. The van der Waals surface area contributed by atoms with Crippen LogP contribution in [-0.4, -0.2) is 181 Å². The van der Waals surface area contributed by atoms with E-state index in [0.29, 0.717) is 31.0 Å². The number of aromatic nitrogens is 3. The van der Waals surface area contributed by atoms with Gasteiger partial charge in [-0.3, -0.25) is 43.1 Å². The number of guanidine groups is 1. The number of rotatable bonds is 26. The van der Waals surface area contributed by atoms with Gasteiger partial charge in [0.05, 0.1) is 49.2 Å². The summed E-state index contributed by atoms with van der Waals surface area (Å²) in [5, 5.41) is 7.94. The Morgan fingerprint density at radius 2 is 1.57 bits per heavy atom. The second kappa shape index (κ2) is 26.1. The van der Waals surface area contributed by atoms with Crippen LogP contribution in [0.1, 0.15) is 84.4 Å². The van der Waals surface area contributed by atoms with Crippen molar-refractivity contribution in [3.05, 3.63) is 59.9 Å². The van der Waals surface area contributed by atoms with Crippen LogP contribution in [0.15, 0.2) is 53.7 Å². The van der Waals surface area contributed by atoms with Gasteiger partial charge in [0.15, 0.2) is 5.96 Å². The summed E-state index contributed by atoms with van der Waals surface area (Å²) in [4.78, 5) is 93.9. The first-order chi connectivity index (χ1) is 33.0. The average Bonchev–Trinajstić information content (AvgIpc) is 4.06. The molecule has 3 heterocycles. The minimum Gasteiger partial charge on any atom is -0.379 e. The van der Waals surface area contributed by atoms with Crippen molar-refractivity contribution in [2.45, 2.75) is 123 Å². The Balaban J connectivity index is 1.45. The molecule has 1 N–H and O–H groups in total. The normalized spacial score (nSPS) is 18.0. The summed E-state index contributed by atoms with van der Waals surface area (Å²) < 4.78 is 42.3. The number of sulfonamides is 1. The van der Waals surface area contributed by atoms with E-state index in [4.69, 9.17) is 14.5 Å². The van der Waals surface area contributed by atoms with Crippen molar-refractivity contribution in [1.29, 1.82) is 0 Å². The standard InChI is InChI=1S/C49H76N10O10S/c1-13-33(4)45(56(10)48(65)44(32(2)3)50-49(54(6)7)55(8)9)40(68-11)29-43(63)58-25-17-21-38(58)46(69-12)34(5)39(60)28-36(27-35-19-15-14-16-20-35)47(64)52-70(66,67)26-18-24-57-30-37(51-53-57)31-59-41(61)22-23-42(59)62/h14-16,19-20,22-23,30,32-34,36,38,40,44-46H,13,17-18,21,24-29,31H2,1-12H3,(H,52,64)/t33-,34-,36+,38-,40+,44-,45?,46+/m0/s1. The molecule has 0 spiro atoms. The molecule has 0 bridgehead atoms. The highest BCUT2D eigenvalue weighted by atomic mass is 32.2. The van der Waals surface area contributed by atoms with Crippen LogP contribution < -0.4 is 4.72 Å². The number of nitrogens with one attached hydrogen (secondary N) is 1. The Morgan fingerprint density at radius 1 is 0.929 bits per heavy atom. The zero-order valence-corrected chi connectivity index (χ0v) is 43.9. The van der Waals surface area contributed by atoms with Crippen LogP contribution in [-0.2, 0) is 67.8 Å². The van der Waals surface area contributed by atoms with Gasteiger partial charge in [-0.2, -0.15) is 0 Å². The van der Waals surface area contributed by atoms with Gasteiger partial charge in [0.2, 0.25) is 27.7 Å². The number of carbonyl (C=O) groups is 6. The molecule has 0 aliphatic carbocycles. The Morgan fingerprint density at radius 3 is 2.14 bits per heavy atom. The van der Waals surface area contributed by atoms with E-state index >= 15 is 0 Å². The number of methoxy groups -OCH3 is 2. The van der Waals surface area contributed by atoms with E-state index in [2.05, 4.69) is 15.0 Å². The number of carbonyl (C=O) groups excluding carboxylic acids is 6. The van der Waals surface area contributed by atoms with Gasteiger partial charge in [-0.1, -0.05) is 76.6 Å². The van der Waals surface area contributed by atoms with Crippen molar-refractivity contribution in [2.24, 2.45) is 28.7 Å². The smallest absolute Gasteiger partial charge is 0.253 e. The molecule has 1 aromatic heterocycles. The van der Waals surface area contributed by atoms with Crippen LogP contribution in [0.25, 0.3) is 0 Å². The van der Waals surface area contributed by atoms with E-state index < -0.39 is 75.7 Å². The molecule has 0 radical (unpaired) electrons. The minimum atomic E-state index is -4.17. The lowest BCUT2D eigenvalue weighted by molar-refractivity contribution is -0.146. The number of aliphatic imine (C=N–C) groups is 1. The fourth-order valence-corrected chi connectivity index (χ4v) is 10.4. The quantitative estimate of drug-likeness (QED) is 0.0813. The Hall–Kier alpha value is -5.54. The molecule has 20 nitrogen and oxygen atoms in total. The highest BCUT2D eigenvalue weighted by Gasteiger charge is 2.43. The molecule has 8 atom stereocenters. The average molecular weight is 997 g/mol. The molecule has 4 rings (SSSR count). The molecule has 1 aromatic carbocycles. The molecule has 388 valence electrons. The molecule has 1 unspecified atom stereocenters. The van der Waals surface area contributed by atoms with Gasteiger partial charge in [0.25, 0.3) is 11.8 Å². The molecular weight excluding hydrogens is 921 g/mol. The highest BCUT2D eigenvalue weighted by molar-refractivity contribution is 7.90. The van der Waals surface area contributed by atoms with Crippen molar-refractivity contribution in [3.63, 3.8) is 0 Å². The monoisotopic (exact) mass is 997 g/mol. The van der Waals surface area contributed by atoms with E-state index in [9.17, 15) is 37.2 Å². The molecule has 70 heavy (non-hydrogen) atoms. The summed E-state index contributed by atoms with van der Waals surface area (Å²) in [5.74, 6) is -4.22. The third-order valence-electron chi connectivity index (χ3n) is 13.3. The summed E-state index contributed by atoms with van der Waals surface area (Å²) >= 11 is 0. The first kappa shape index (κ1) is 57.0. The molecule has 2 aliphatic heterocycles. The van der Waals surface area contributed by atoms with E-state index in [-0.39, 0.29) is 68.2 Å². The lowest BCUT2D eigenvalue weighted by Crippen LogP contribution is -2.55. The Bertz CT molecular complexity index is 2260. The van der Waals surface area contributed by atoms with Crippen LogP contribution >= 0.6 is 0 Å². The zero-order valence-electron chi connectivity index (χ0n) is 43.1. The maximum Gasteiger partial charge on any atom is 0.253 e. The number of likely N-dealkylation sites (N-methyl/N-ethyl adjacent to an activating group) is 1. The van der Waals surface area contributed by atoms with Crippen LogP contribution in [0, 0.1) is 23.7 Å². The minimum absolute atomic E-state index is 0.0245. The van der Waals surface area contributed by atoms with Crippen molar-refractivity contribution < 1.29 is 46.7 Å². The predicted molar refractivity (Wildman–Crippen MR) is 264 cm³/mol. The first-order valence-corrected chi connectivity index (χ1v) is 25.8. The van der Waals surface area contributed by atoms with Crippen LogP contribution in [0.4, 0.5) is 0 Å². The second-order valence-corrected chi connectivity index (χ2v) is 21.1. The number of imide groups is 1. The Labute approximate surface area is 414 Å². The first-order valence-electron chi connectivity index (χ1n) is 24.1. The summed E-state index contributed by atoms with van der Waals surface area (Å²) in [5.41, 5.74) is 1.08. The number of amides is 5. The number of ketones is 1. The fraction of sp³-hybridized carbons (Fsp3) is 0.653. The van der Waals surface area contributed by atoms with Gasteiger partial charge in [-0.05, 0) is 43.1 Å². The summed E-state index contributed by atoms with van der Waals surface area (Å²) in [6.07, 6.45) is 4.24. The zero-order chi connectivity index (χ0) is 52.0. The second-order valence-electron chi connectivity index (χ2n) is 19.3. The van der Waals surface area contributed by atoms with E-state index in [0.717, 1.165) is 16.9 Å². The van der Waals surface area contributed by atoms with Crippen LogP contribution in [0.3, 0.4) is 0 Å². The van der Waals surface area contributed by atoms with Crippen molar-refractivity contribution >= 4 is 51.3 Å². The van der Waals surface area contributed by atoms with Gasteiger partial charge < -0.3 is 29.1 Å². The van der Waals surface area contributed by atoms with Gasteiger partial charge in [-0.15, -0.1) is 5.10 Å². The fourth-order valence-electron chi connectivity index (χ4n) is 9.35. The number of hydrogen-bond donors (Lipinski definition) is 1. The van der Waals surface area contributed by atoms with E-state index in [1.807, 2.05) is 71.8 Å². The van der Waals surface area contributed by atoms with E-state index in [1.165, 1.54) is 30.1 Å². The molecular formula is C49H76N10O10S.